The van der Waals surface area contributed by atoms with Gasteiger partial charge in [-0.1, -0.05) is 28.4 Å². The molecule has 1 amide bonds. The van der Waals surface area contributed by atoms with Gasteiger partial charge in [0.2, 0.25) is 5.91 Å². The van der Waals surface area contributed by atoms with E-state index < -0.39 is 17.3 Å². The molecule has 0 aliphatic heterocycles. The SMILES string of the molecule is Cc1ccc(Br)cc1NC(=O)C1(C(=O)O)CCC1. The molecule has 18 heavy (non-hydrogen) atoms. The van der Waals surface area contributed by atoms with Crippen LogP contribution in [0.2, 0.25) is 0 Å². The summed E-state index contributed by atoms with van der Waals surface area (Å²) in [5, 5.41) is 11.9. The highest BCUT2D eigenvalue weighted by Crippen LogP contribution is 2.42. The van der Waals surface area contributed by atoms with Crippen molar-refractivity contribution in [2.45, 2.75) is 26.2 Å². The fourth-order valence-corrected chi connectivity index (χ4v) is 2.40. The summed E-state index contributed by atoms with van der Waals surface area (Å²) in [7, 11) is 0. The van der Waals surface area contributed by atoms with Gasteiger partial charge in [-0.2, -0.15) is 0 Å². The maximum Gasteiger partial charge on any atom is 0.319 e. The third kappa shape index (κ3) is 2.14. The van der Waals surface area contributed by atoms with E-state index in [1.807, 2.05) is 19.1 Å². The van der Waals surface area contributed by atoms with E-state index >= 15 is 0 Å². The second kappa shape index (κ2) is 4.72. The van der Waals surface area contributed by atoms with E-state index in [0.29, 0.717) is 18.5 Å². The zero-order chi connectivity index (χ0) is 13.3. The molecule has 0 heterocycles. The largest absolute Gasteiger partial charge is 0.480 e. The van der Waals surface area contributed by atoms with Crippen molar-refractivity contribution in [1.82, 2.24) is 0 Å². The molecule has 1 saturated carbocycles. The summed E-state index contributed by atoms with van der Waals surface area (Å²) in [5.74, 6) is -1.44. The van der Waals surface area contributed by atoms with E-state index in [1.165, 1.54) is 0 Å². The van der Waals surface area contributed by atoms with Gasteiger partial charge in [0.1, 0.15) is 5.41 Å². The van der Waals surface area contributed by atoms with E-state index in [1.54, 1.807) is 6.07 Å². The van der Waals surface area contributed by atoms with Crippen LogP contribution < -0.4 is 5.32 Å². The maximum atomic E-state index is 12.1. The third-order valence-corrected chi connectivity index (χ3v) is 3.99. The minimum atomic E-state index is -1.23. The number of hydrogen-bond donors (Lipinski definition) is 2. The fourth-order valence-electron chi connectivity index (χ4n) is 2.04. The van der Waals surface area contributed by atoms with Gasteiger partial charge >= 0.3 is 5.97 Å². The van der Waals surface area contributed by atoms with Crippen molar-refractivity contribution in [1.29, 1.82) is 0 Å². The van der Waals surface area contributed by atoms with Gasteiger partial charge in [0.25, 0.3) is 0 Å². The minimum absolute atomic E-state index is 0.414. The second-order valence-electron chi connectivity index (χ2n) is 4.65. The van der Waals surface area contributed by atoms with Crippen LogP contribution in [0.1, 0.15) is 24.8 Å². The number of aryl methyl sites for hydroxylation is 1. The molecule has 1 aromatic carbocycles. The van der Waals surface area contributed by atoms with Crippen molar-refractivity contribution in [2.75, 3.05) is 5.32 Å². The van der Waals surface area contributed by atoms with Crippen LogP contribution in [0.5, 0.6) is 0 Å². The summed E-state index contributed by atoms with van der Waals surface area (Å²) in [6.45, 7) is 1.87. The number of rotatable bonds is 3. The van der Waals surface area contributed by atoms with Crippen molar-refractivity contribution in [3.8, 4) is 0 Å². The zero-order valence-corrected chi connectivity index (χ0v) is 11.6. The lowest BCUT2D eigenvalue weighted by Gasteiger charge is -2.35. The summed E-state index contributed by atoms with van der Waals surface area (Å²) < 4.78 is 0.849. The van der Waals surface area contributed by atoms with Crippen molar-refractivity contribution >= 4 is 33.5 Å². The van der Waals surface area contributed by atoms with Crippen LogP contribution in [0.15, 0.2) is 22.7 Å². The highest BCUT2D eigenvalue weighted by Gasteiger charge is 2.51. The van der Waals surface area contributed by atoms with Crippen LogP contribution in [0.3, 0.4) is 0 Å². The summed E-state index contributed by atoms with van der Waals surface area (Å²) >= 11 is 3.33. The predicted octanol–water partition coefficient (Wildman–Crippen LogP) is 2.95. The lowest BCUT2D eigenvalue weighted by Crippen LogP contribution is -2.48. The first-order chi connectivity index (χ1) is 8.45. The molecule has 0 aromatic heterocycles. The number of carbonyl (C=O) groups excluding carboxylic acids is 1. The molecule has 1 aliphatic carbocycles. The van der Waals surface area contributed by atoms with Crippen molar-refractivity contribution in [3.63, 3.8) is 0 Å². The Morgan fingerprint density at radius 3 is 2.56 bits per heavy atom. The van der Waals surface area contributed by atoms with Crippen LogP contribution in [-0.4, -0.2) is 17.0 Å². The van der Waals surface area contributed by atoms with Crippen molar-refractivity contribution in [3.05, 3.63) is 28.2 Å². The number of benzene rings is 1. The Kier molecular flexibility index (Phi) is 3.43. The van der Waals surface area contributed by atoms with Gasteiger partial charge in [-0.05, 0) is 37.5 Å². The van der Waals surface area contributed by atoms with Crippen molar-refractivity contribution < 1.29 is 14.7 Å². The van der Waals surface area contributed by atoms with Gasteiger partial charge in [-0.3, -0.25) is 9.59 Å². The van der Waals surface area contributed by atoms with E-state index in [-0.39, 0.29) is 0 Å². The Balaban J connectivity index is 2.21. The monoisotopic (exact) mass is 311 g/mol. The highest BCUT2D eigenvalue weighted by molar-refractivity contribution is 9.10. The Morgan fingerprint density at radius 1 is 1.39 bits per heavy atom. The molecule has 0 radical (unpaired) electrons. The Labute approximate surface area is 114 Å². The fraction of sp³-hybridized carbons (Fsp3) is 0.385. The third-order valence-electron chi connectivity index (χ3n) is 3.50. The summed E-state index contributed by atoms with van der Waals surface area (Å²) in [4.78, 5) is 23.3. The number of carboxylic acid groups (broad SMARTS) is 1. The number of amides is 1. The first-order valence-electron chi connectivity index (χ1n) is 5.77. The lowest BCUT2D eigenvalue weighted by atomic mass is 9.68. The molecule has 0 spiro atoms. The van der Waals surface area contributed by atoms with Gasteiger partial charge in [-0.25, -0.2) is 0 Å². The number of anilines is 1. The van der Waals surface area contributed by atoms with Crippen LogP contribution >= 0.6 is 15.9 Å². The number of aliphatic carboxylic acids is 1. The van der Waals surface area contributed by atoms with Crippen LogP contribution in [0.4, 0.5) is 5.69 Å². The smallest absolute Gasteiger partial charge is 0.319 e. The van der Waals surface area contributed by atoms with E-state index in [9.17, 15) is 14.7 Å². The van der Waals surface area contributed by atoms with Gasteiger partial charge in [-0.15, -0.1) is 0 Å². The molecule has 5 heteroatoms. The molecule has 96 valence electrons. The summed E-state index contributed by atoms with van der Waals surface area (Å²) in [6, 6.07) is 5.52. The van der Waals surface area contributed by atoms with Crippen LogP contribution in [0.25, 0.3) is 0 Å². The van der Waals surface area contributed by atoms with E-state index in [4.69, 9.17) is 0 Å². The van der Waals surface area contributed by atoms with E-state index in [2.05, 4.69) is 21.2 Å². The Bertz CT molecular complexity index is 509. The average Bonchev–Trinajstić information content (AvgIpc) is 2.21. The van der Waals surface area contributed by atoms with Gasteiger partial charge in [0.15, 0.2) is 0 Å². The molecule has 2 N–H and O–H groups in total. The minimum Gasteiger partial charge on any atom is -0.480 e. The molecular formula is C13H14BrNO3. The number of halogens is 1. The van der Waals surface area contributed by atoms with Gasteiger partial charge < -0.3 is 10.4 Å². The molecule has 0 unspecified atom stereocenters. The molecular weight excluding hydrogens is 298 g/mol. The quantitative estimate of drug-likeness (QED) is 0.843. The predicted molar refractivity (Wildman–Crippen MR) is 71.4 cm³/mol. The Morgan fingerprint density at radius 2 is 2.06 bits per heavy atom. The zero-order valence-electron chi connectivity index (χ0n) is 10.00. The van der Waals surface area contributed by atoms with Gasteiger partial charge in [0, 0.05) is 10.2 Å². The van der Waals surface area contributed by atoms with Crippen LogP contribution in [-0.2, 0) is 9.59 Å². The van der Waals surface area contributed by atoms with E-state index in [0.717, 1.165) is 16.5 Å². The molecule has 4 nitrogen and oxygen atoms in total. The number of carbonyl (C=O) groups is 2. The standard InChI is InChI=1S/C13H14BrNO3/c1-8-3-4-9(14)7-10(8)15-11(16)13(12(17)18)5-2-6-13/h3-4,7H,2,5-6H2,1H3,(H,15,16)(H,17,18). The van der Waals surface area contributed by atoms with Gasteiger partial charge in [0.05, 0.1) is 0 Å². The topological polar surface area (TPSA) is 66.4 Å². The molecule has 1 fully saturated rings. The molecule has 0 atom stereocenters. The Hall–Kier alpha value is -1.36. The lowest BCUT2D eigenvalue weighted by molar-refractivity contribution is -0.159. The van der Waals surface area contributed by atoms with Crippen LogP contribution in [0, 0.1) is 12.3 Å². The summed E-state index contributed by atoms with van der Waals surface area (Å²) in [5.41, 5.74) is 0.336. The normalized spacial score (nSPS) is 16.8. The molecule has 0 saturated heterocycles. The first-order valence-corrected chi connectivity index (χ1v) is 6.56. The molecule has 2 rings (SSSR count). The molecule has 1 aromatic rings. The average molecular weight is 312 g/mol. The number of nitrogens with one attached hydrogen (secondary N) is 1. The highest BCUT2D eigenvalue weighted by atomic mass is 79.9. The number of carboxylic acids is 1. The number of hydrogen-bond acceptors (Lipinski definition) is 2. The molecule has 1 aliphatic rings. The second-order valence-corrected chi connectivity index (χ2v) is 5.57. The van der Waals surface area contributed by atoms with Crippen molar-refractivity contribution in [2.24, 2.45) is 5.41 Å². The summed E-state index contributed by atoms with van der Waals surface area (Å²) in [6.07, 6.45) is 1.62. The maximum absolute atomic E-state index is 12.1. The molecule has 0 bridgehead atoms. The first kappa shape index (κ1) is 13.1.